The molecule has 0 heterocycles. The van der Waals surface area contributed by atoms with Crippen LogP contribution < -0.4 is 15.2 Å². The monoisotopic (exact) mass is 331 g/mol. The minimum absolute atomic E-state index is 0.444. The third-order valence-electron chi connectivity index (χ3n) is 3.13. The maximum atomic E-state index is 10.1. The van der Waals surface area contributed by atoms with Gasteiger partial charge < -0.3 is 20.3 Å². The Morgan fingerprint density at radius 3 is 2.37 bits per heavy atom. The van der Waals surface area contributed by atoms with Crippen LogP contribution in [0.4, 0.5) is 0 Å². The fraction of sp³-hybridized carbons (Fsp3) is 0.571. The van der Waals surface area contributed by atoms with E-state index < -0.39 is 12.1 Å². The highest BCUT2D eigenvalue weighted by Crippen LogP contribution is 2.36. The summed E-state index contributed by atoms with van der Waals surface area (Å²) in [5.74, 6) is 1.24. The first kappa shape index (κ1) is 16.3. The molecule has 19 heavy (non-hydrogen) atoms. The van der Waals surface area contributed by atoms with Gasteiger partial charge in [-0.15, -0.1) is 0 Å². The standard InChI is InChI=1S/C14H22BrNO3/c1-4-5-6-11(17)14(16)9-7-12(18-2)13(19-3)8-10(9)15/h7-8,11,14,17H,4-6,16H2,1-3H3/t11-,14+/m1/s1. The van der Waals surface area contributed by atoms with E-state index in [1.165, 1.54) is 0 Å². The molecule has 0 aliphatic carbocycles. The molecule has 1 aromatic carbocycles. The molecule has 0 bridgehead atoms. The quantitative estimate of drug-likeness (QED) is 0.806. The molecule has 2 atom stereocenters. The van der Waals surface area contributed by atoms with Gasteiger partial charge in [0.2, 0.25) is 0 Å². The van der Waals surface area contributed by atoms with E-state index >= 15 is 0 Å². The van der Waals surface area contributed by atoms with Crippen LogP contribution in [0.3, 0.4) is 0 Å². The highest BCUT2D eigenvalue weighted by molar-refractivity contribution is 9.10. The van der Waals surface area contributed by atoms with Crippen LogP contribution in [-0.2, 0) is 0 Å². The maximum absolute atomic E-state index is 10.1. The zero-order valence-electron chi connectivity index (χ0n) is 11.6. The summed E-state index contributed by atoms with van der Waals surface area (Å²) >= 11 is 3.46. The molecular weight excluding hydrogens is 310 g/mol. The van der Waals surface area contributed by atoms with E-state index in [0.29, 0.717) is 17.9 Å². The highest BCUT2D eigenvalue weighted by Gasteiger charge is 2.21. The number of halogens is 1. The largest absolute Gasteiger partial charge is 0.493 e. The van der Waals surface area contributed by atoms with Gasteiger partial charge in [0.1, 0.15) is 0 Å². The minimum Gasteiger partial charge on any atom is -0.493 e. The Morgan fingerprint density at radius 1 is 1.26 bits per heavy atom. The van der Waals surface area contributed by atoms with E-state index in [4.69, 9.17) is 15.2 Å². The second-order valence-electron chi connectivity index (χ2n) is 4.46. The number of methoxy groups -OCH3 is 2. The maximum Gasteiger partial charge on any atom is 0.161 e. The van der Waals surface area contributed by atoms with E-state index in [9.17, 15) is 5.11 Å². The molecule has 0 spiro atoms. The lowest BCUT2D eigenvalue weighted by Gasteiger charge is -2.21. The zero-order chi connectivity index (χ0) is 14.4. The summed E-state index contributed by atoms with van der Waals surface area (Å²) in [5, 5.41) is 10.1. The van der Waals surface area contributed by atoms with Crippen molar-refractivity contribution in [1.82, 2.24) is 0 Å². The van der Waals surface area contributed by atoms with E-state index in [1.54, 1.807) is 20.3 Å². The first-order chi connectivity index (χ1) is 9.04. The molecule has 5 heteroatoms. The van der Waals surface area contributed by atoms with Crippen LogP contribution in [0, 0.1) is 0 Å². The lowest BCUT2D eigenvalue weighted by atomic mass is 9.98. The predicted octanol–water partition coefficient (Wildman–Crippen LogP) is 3.02. The number of hydrogen-bond acceptors (Lipinski definition) is 4. The Balaban J connectivity index is 2.99. The van der Waals surface area contributed by atoms with Gasteiger partial charge in [-0.1, -0.05) is 35.7 Å². The van der Waals surface area contributed by atoms with Crippen LogP contribution in [0.5, 0.6) is 11.5 Å². The number of aliphatic hydroxyl groups is 1. The Kier molecular flexibility index (Phi) is 6.62. The average Bonchev–Trinajstić information content (AvgIpc) is 2.43. The Morgan fingerprint density at radius 2 is 1.84 bits per heavy atom. The summed E-state index contributed by atoms with van der Waals surface area (Å²) in [6.45, 7) is 2.09. The van der Waals surface area contributed by atoms with Crippen molar-refractivity contribution in [3.8, 4) is 11.5 Å². The molecule has 108 valence electrons. The number of ether oxygens (including phenoxy) is 2. The first-order valence-corrected chi connectivity index (χ1v) is 7.19. The Hall–Kier alpha value is -0.780. The fourth-order valence-electron chi connectivity index (χ4n) is 1.93. The van der Waals surface area contributed by atoms with Crippen LogP contribution in [0.2, 0.25) is 0 Å². The van der Waals surface area contributed by atoms with E-state index in [2.05, 4.69) is 22.9 Å². The summed E-state index contributed by atoms with van der Waals surface area (Å²) in [6.07, 6.45) is 2.13. The van der Waals surface area contributed by atoms with Gasteiger partial charge in [0.25, 0.3) is 0 Å². The van der Waals surface area contributed by atoms with Gasteiger partial charge >= 0.3 is 0 Å². The number of hydrogen-bond donors (Lipinski definition) is 2. The summed E-state index contributed by atoms with van der Waals surface area (Å²) in [7, 11) is 3.16. The predicted molar refractivity (Wildman–Crippen MR) is 79.7 cm³/mol. The molecule has 4 nitrogen and oxygen atoms in total. The third kappa shape index (κ3) is 4.09. The van der Waals surface area contributed by atoms with Crippen LogP contribution in [0.1, 0.15) is 37.8 Å². The summed E-state index contributed by atoms with van der Waals surface area (Å²) in [5.41, 5.74) is 6.94. The number of rotatable bonds is 7. The van der Waals surface area contributed by atoms with Gasteiger partial charge in [-0.05, 0) is 24.1 Å². The molecule has 1 rings (SSSR count). The van der Waals surface area contributed by atoms with Crippen molar-refractivity contribution >= 4 is 15.9 Å². The van der Waals surface area contributed by atoms with Crippen LogP contribution in [0.25, 0.3) is 0 Å². The van der Waals surface area contributed by atoms with Crippen molar-refractivity contribution in [2.45, 2.75) is 38.3 Å². The van der Waals surface area contributed by atoms with Crippen molar-refractivity contribution < 1.29 is 14.6 Å². The Bertz CT molecular complexity index is 412. The molecule has 0 radical (unpaired) electrons. The van der Waals surface area contributed by atoms with Crippen molar-refractivity contribution in [2.24, 2.45) is 5.73 Å². The van der Waals surface area contributed by atoms with E-state index in [1.807, 2.05) is 6.07 Å². The molecule has 0 amide bonds. The highest BCUT2D eigenvalue weighted by atomic mass is 79.9. The second kappa shape index (κ2) is 7.72. The number of benzene rings is 1. The lowest BCUT2D eigenvalue weighted by molar-refractivity contribution is 0.132. The molecule has 3 N–H and O–H groups in total. The molecule has 0 aromatic heterocycles. The van der Waals surface area contributed by atoms with E-state index in [0.717, 1.165) is 22.9 Å². The molecular formula is C14H22BrNO3. The molecule has 0 aliphatic heterocycles. The third-order valence-corrected chi connectivity index (χ3v) is 3.82. The number of aliphatic hydroxyl groups excluding tert-OH is 1. The zero-order valence-corrected chi connectivity index (χ0v) is 13.2. The molecule has 0 unspecified atom stereocenters. The van der Waals surface area contributed by atoms with Crippen LogP contribution in [-0.4, -0.2) is 25.4 Å². The summed E-state index contributed by atoms with van der Waals surface area (Å²) < 4.78 is 11.3. The first-order valence-electron chi connectivity index (χ1n) is 6.40. The molecule has 0 aliphatic rings. The van der Waals surface area contributed by atoms with Gasteiger partial charge in [-0.2, -0.15) is 0 Å². The SMILES string of the molecule is CCCC[C@@H](O)[C@@H](N)c1cc(OC)c(OC)cc1Br. The molecule has 1 aromatic rings. The van der Waals surface area contributed by atoms with Crippen molar-refractivity contribution in [3.63, 3.8) is 0 Å². The number of nitrogens with two attached hydrogens (primary N) is 1. The van der Waals surface area contributed by atoms with Gasteiger partial charge in [0.15, 0.2) is 11.5 Å². The van der Waals surface area contributed by atoms with Crippen LogP contribution in [0.15, 0.2) is 16.6 Å². The molecule has 0 saturated carbocycles. The van der Waals surface area contributed by atoms with Crippen molar-refractivity contribution in [1.29, 1.82) is 0 Å². The van der Waals surface area contributed by atoms with Crippen molar-refractivity contribution in [2.75, 3.05) is 14.2 Å². The minimum atomic E-state index is -0.561. The molecule has 0 fully saturated rings. The fourth-order valence-corrected chi connectivity index (χ4v) is 2.51. The van der Waals surface area contributed by atoms with Crippen LogP contribution >= 0.6 is 15.9 Å². The average molecular weight is 332 g/mol. The normalized spacial score (nSPS) is 14.0. The lowest BCUT2D eigenvalue weighted by Crippen LogP contribution is -2.26. The van der Waals surface area contributed by atoms with Gasteiger partial charge in [0.05, 0.1) is 26.4 Å². The second-order valence-corrected chi connectivity index (χ2v) is 5.32. The topological polar surface area (TPSA) is 64.7 Å². The van der Waals surface area contributed by atoms with Gasteiger partial charge in [0, 0.05) is 4.47 Å². The summed E-state index contributed by atoms with van der Waals surface area (Å²) in [4.78, 5) is 0. The summed E-state index contributed by atoms with van der Waals surface area (Å²) in [6, 6.07) is 3.17. The number of unbranched alkanes of at least 4 members (excludes halogenated alkanes) is 1. The smallest absolute Gasteiger partial charge is 0.161 e. The Labute approximate surface area is 123 Å². The van der Waals surface area contributed by atoms with E-state index in [-0.39, 0.29) is 0 Å². The molecule has 0 saturated heterocycles. The van der Waals surface area contributed by atoms with Crippen molar-refractivity contribution in [3.05, 3.63) is 22.2 Å². The van der Waals surface area contributed by atoms with Gasteiger partial charge in [-0.3, -0.25) is 0 Å². The van der Waals surface area contributed by atoms with Gasteiger partial charge in [-0.25, -0.2) is 0 Å².